The summed E-state index contributed by atoms with van der Waals surface area (Å²) in [5, 5.41) is 11.4. The van der Waals surface area contributed by atoms with E-state index in [0.717, 1.165) is 53.1 Å². The van der Waals surface area contributed by atoms with E-state index in [1.54, 1.807) is 23.7 Å². The van der Waals surface area contributed by atoms with Crippen LogP contribution in [0.1, 0.15) is 73.4 Å². The Morgan fingerprint density at radius 2 is 2.06 bits per heavy atom. The highest BCUT2D eigenvalue weighted by Crippen LogP contribution is 2.55. The Bertz CT molecular complexity index is 1360. The number of hydrogen-bond donors (Lipinski definition) is 1. The van der Waals surface area contributed by atoms with Crippen LogP contribution in [0.15, 0.2) is 52.2 Å². The number of rotatable bonds is 1. The van der Waals surface area contributed by atoms with E-state index in [-0.39, 0.29) is 11.2 Å². The number of pyridine rings is 1. The van der Waals surface area contributed by atoms with Crippen LogP contribution in [-0.4, -0.2) is 16.6 Å². The molecule has 4 aliphatic rings. The minimum atomic E-state index is -0.473. The average Bonchev–Trinajstić information content (AvgIpc) is 3.01. The number of Topliss-reactive ketones (excluding diaryl/α,β-unsaturated/α-hetero) is 1. The second kappa shape index (κ2) is 7.64. The van der Waals surface area contributed by atoms with Gasteiger partial charge in [0.1, 0.15) is 10.8 Å². The molecular formula is C27H27N5OS. The molecular weight excluding hydrogens is 442 g/mol. The molecule has 1 unspecified atom stereocenters. The van der Waals surface area contributed by atoms with Crippen LogP contribution in [0, 0.1) is 16.7 Å². The molecule has 0 aromatic carbocycles. The van der Waals surface area contributed by atoms with Crippen molar-refractivity contribution < 1.29 is 4.79 Å². The molecule has 1 atom stereocenters. The molecule has 4 heterocycles. The standard InChI is InChI=1S/C27H27N5OS/c1-27(2)11-18-23(19(33)12-27)21(15-7-6-10-30-14-15)17(13-28)25-31-24(29)22-16-8-4-3-5-9-20(16)34-26(22)32(18)25/h6-7,10,14,21H,3-5,8-9,11-12H2,1-2H3,(H2,29,31). The summed E-state index contributed by atoms with van der Waals surface area (Å²) >= 11 is 1.77. The zero-order valence-corrected chi connectivity index (χ0v) is 20.3. The van der Waals surface area contributed by atoms with Crippen molar-refractivity contribution in [1.29, 1.82) is 5.26 Å². The van der Waals surface area contributed by atoms with Crippen molar-refractivity contribution in [2.45, 2.75) is 64.7 Å². The Morgan fingerprint density at radius 3 is 2.82 bits per heavy atom. The summed E-state index contributed by atoms with van der Waals surface area (Å²) in [7, 11) is 0. The molecule has 172 valence electrons. The van der Waals surface area contributed by atoms with Crippen molar-refractivity contribution in [2.24, 2.45) is 16.1 Å². The average molecular weight is 470 g/mol. The van der Waals surface area contributed by atoms with Gasteiger partial charge < -0.3 is 5.73 Å². The third kappa shape index (κ3) is 3.08. The number of carbonyl (C=O) groups excluding carboxylic acids is 1. The molecule has 2 aromatic heterocycles. The first-order valence-electron chi connectivity index (χ1n) is 12.0. The number of allylic oxidation sites excluding steroid dienone is 3. The largest absolute Gasteiger partial charge is 0.383 e. The summed E-state index contributed by atoms with van der Waals surface area (Å²) in [4.78, 5) is 26.3. The Morgan fingerprint density at radius 1 is 1.24 bits per heavy atom. The van der Waals surface area contributed by atoms with E-state index in [1.165, 1.54) is 23.3 Å². The lowest BCUT2D eigenvalue weighted by Crippen LogP contribution is -2.41. The van der Waals surface area contributed by atoms with Crippen molar-refractivity contribution in [3.63, 3.8) is 0 Å². The predicted octanol–water partition coefficient (Wildman–Crippen LogP) is 5.11. The number of carbonyl (C=O) groups is 1. The Hall–Kier alpha value is -3.24. The normalized spacial score (nSPS) is 23.3. The molecule has 0 bridgehead atoms. The predicted molar refractivity (Wildman–Crippen MR) is 133 cm³/mol. The molecule has 0 fully saturated rings. The zero-order valence-electron chi connectivity index (χ0n) is 19.5. The van der Waals surface area contributed by atoms with E-state index < -0.39 is 5.92 Å². The number of anilines is 1. The number of nitriles is 1. The highest BCUT2D eigenvalue weighted by molar-refractivity contribution is 7.17. The van der Waals surface area contributed by atoms with Gasteiger partial charge in [0, 0.05) is 35.0 Å². The molecule has 7 heteroatoms. The summed E-state index contributed by atoms with van der Waals surface area (Å²) in [5.41, 5.74) is 11.8. The fourth-order valence-electron chi connectivity index (χ4n) is 5.99. The molecule has 2 aliphatic heterocycles. The lowest BCUT2D eigenvalue weighted by atomic mass is 9.68. The van der Waals surface area contributed by atoms with E-state index in [1.807, 2.05) is 12.1 Å². The number of hydrogen-bond acceptors (Lipinski definition) is 7. The lowest BCUT2D eigenvalue weighted by Gasteiger charge is -2.44. The Labute approximate surface area is 203 Å². The van der Waals surface area contributed by atoms with E-state index in [0.29, 0.717) is 23.7 Å². The minimum Gasteiger partial charge on any atom is -0.383 e. The fraction of sp³-hybridized carbons (Fsp3) is 0.407. The van der Waals surface area contributed by atoms with Gasteiger partial charge in [-0.15, -0.1) is 11.3 Å². The Kier molecular flexibility index (Phi) is 4.79. The fourth-order valence-corrected chi connectivity index (χ4v) is 7.42. The summed E-state index contributed by atoms with van der Waals surface area (Å²) < 4.78 is 0. The smallest absolute Gasteiger partial charge is 0.162 e. The highest BCUT2D eigenvalue weighted by atomic mass is 32.1. The Balaban J connectivity index is 1.65. The third-order valence-electron chi connectivity index (χ3n) is 7.42. The van der Waals surface area contributed by atoms with Gasteiger partial charge in [0.25, 0.3) is 0 Å². The van der Waals surface area contributed by atoms with Crippen molar-refractivity contribution in [3.8, 4) is 6.07 Å². The van der Waals surface area contributed by atoms with Crippen LogP contribution in [0.4, 0.5) is 5.00 Å². The van der Waals surface area contributed by atoms with Gasteiger partial charge in [0.2, 0.25) is 0 Å². The molecule has 6 rings (SSSR count). The molecule has 2 aliphatic carbocycles. The molecule has 6 nitrogen and oxygen atoms in total. The van der Waals surface area contributed by atoms with E-state index >= 15 is 0 Å². The number of fused-ring (bicyclic) bond motifs is 6. The van der Waals surface area contributed by atoms with Gasteiger partial charge >= 0.3 is 0 Å². The first-order valence-corrected chi connectivity index (χ1v) is 12.8. The van der Waals surface area contributed by atoms with Gasteiger partial charge in [-0.3, -0.25) is 14.7 Å². The van der Waals surface area contributed by atoms with E-state index in [4.69, 9.17) is 10.7 Å². The quantitative estimate of drug-likeness (QED) is 0.585. The van der Waals surface area contributed by atoms with Crippen LogP contribution >= 0.6 is 11.3 Å². The second-order valence-corrected chi connectivity index (χ2v) is 11.5. The van der Waals surface area contributed by atoms with Crippen LogP contribution in [-0.2, 0) is 17.6 Å². The van der Waals surface area contributed by atoms with Gasteiger partial charge in [0.15, 0.2) is 11.6 Å². The monoisotopic (exact) mass is 469 g/mol. The number of nitrogens with zero attached hydrogens (tertiary/aromatic N) is 4. The first kappa shape index (κ1) is 21.3. The maximum atomic E-state index is 13.7. The summed E-state index contributed by atoms with van der Waals surface area (Å²) in [6, 6.07) is 6.21. The topological polar surface area (TPSA) is 95.4 Å². The van der Waals surface area contributed by atoms with Crippen LogP contribution < -0.4 is 10.6 Å². The highest BCUT2D eigenvalue weighted by Gasteiger charge is 2.47. The number of nitrogens with two attached hydrogens (primary N) is 1. The first-order chi connectivity index (χ1) is 16.4. The maximum absolute atomic E-state index is 13.7. The van der Waals surface area contributed by atoms with Crippen LogP contribution in [0.3, 0.4) is 0 Å². The van der Waals surface area contributed by atoms with Crippen molar-refractivity contribution >= 4 is 28.0 Å². The maximum Gasteiger partial charge on any atom is 0.162 e. The summed E-state index contributed by atoms with van der Waals surface area (Å²) in [6.07, 6.45) is 10.3. The summed E-state index contributed by atoms with van der Waals surface area (Å²) in [6.45, 7) is 4.28. The van der Waals surface area contributed by atoms with Crippen molar-refractivity contribution in [2.75, 3.05) is 4.90 Å². The van der Waals surface area contributed by atoms with Gasteiger partial charge in [-0.1, -0.05) is 26.3 Å². The molecule has 2 aromatic rings. The molecule has 2 N–H and O–H groups in total. The molecule has 0 saturated carbocycles. The lowest BCUT2D eigenvalue weighted by molar-refractivity contribution is -0.118. The molecule has 34 heavy (non-hydrogen) atoms. The second-order valence-electron chi connectivity index (χ2n) is 10.4. The number of ketones is 1. The summed E-state index contributed by atoms with van der Waals surface area (Å²) in [5.74, 6) is 0.694. The van der Waals surface area contributed by atoms with E-state index in [2.05, 4.69) is 29.8 Å². The number of thiophene rings is 1. The van der Waals surface area contributed by atoms with Crippen LogP contribution in [0.25, 0.3) is 0 Å². The van der Waals surface area contributed by atoms with Crippen LogP contribution in [0.5, 0.6) is 0 Å². The van der Waals surface area contributed by atoms with Crippen LogP contribution in [0.2, 0.25) is 0 Å². The molecule has 0 radical (unpaired) electrons. The third-order valence-corrected chi connectivity index (χ3v) is 8.70. The van der Waals surface area contributed by atoms with Gasteiger partial charge in [-0.25, -0.2) is 4.99 Å². The zero-order chi connectivity index (χ0) is 23.6. The number of amidine groups is 1. The van der Waals surface area contributed by atoms with Crippen molar-refractivity contribution in [1.82, 2.24) is 4.98 Å². The van der Waals surface area contributed by atoms with Gasteiger partial charge in [-0.05, 0) is 54.7 Å². The SMILES string of the molecule is CC1(C)CC(=O)C2=C(C1)N1C(=C(C#N)C2c2cccnc2)N=C(N)c2c1sc1c2CCCCC1. The number of aliphatic imine (C=N–C) groups is 1. The molecule has 0 amide bonds. The molecule has 0 spiro atoms. The molecule has 0 saturated heterocycles. The van der Waals surface area contributed by atoms with Gasteiger partial charge in [-0.2, -0.15) is 5.26 Å². The number of aromatic nitrogens is 1. The van der Waals surface area contributed by atoms with Gasteiger partial charge in [0.05, 0.1) is 23.1 Å². The minimum absolute atomic E-state index is 0.106. The number of aryl methyl sites for hydroxylation is 1. The van der Waals surface area contributed by atoms with Crippen molar-refractivity contribution in [3.05, 3.63) is 68.8 Å². The van der Waals surface area contributed by atoms with E-state index in [9.17, 15) is 10.1 Å².